The first kappa shape index (κ1) is 17.1. The molecule has 0 spiro atoms. The Labute approximate surface area is 142 Å². The number of carbonyl (C=O) groups excluding carboxylic acids is 2. The van der Waals surface area contributed by atoms with E-state index in [0.29, 0.717) is 6.54 Å². The highest BCUT2D eigenvalue weighted by Crippen LogP contribution is 2.18. The summed E-state index contributed by atoms with van der Waals surface area (Å²) >= 11 is 3.09. The van der Waals surface area contributed by atoms with E-state index in [4.69, 9.17) is 4.74 Å². The number of benzene rings is 2. The zero-order valence-electron chi connectivity index (χ0n) is 12.5. The van der Waals surface area contributed by atoms with Crippen molar-refractivity contribution in [2.75, 3.05) is 13.7 Å². The minimum Gasteiger partial charge on any atom is -0.452 e. The molecular formula is C17H15BrFNO3. The van der Waals surface area contributed by atoms with E-state index in [9.17, 15) is 14.0 Å². The molecular weight excluding hydrogens is 365 g/mol. The molecule has 0 saturated carbocycles. The fourth-order valence-electron chi connectivity index (χ4n) is 1.92. The summed E-state index contributed by atoms with van der Waals surface area (Å²) in [5, 5.41) is 0. The summed E-state index contributed by atoms with van der Waals surface area (Å²) in [6.45, 7) is 0.0590. The van der Waals surface area contributed by atoms with E-state index in [2.05, 4.69) is 15.9 Å². The van der Waals surface area contributed by atoms with E-state index in [1.807, 2.05) is 30.3 Å². The van der Waals surface area contributed by atoms with Crippen molar-refractivity contribution in [1.29, 1.82) is 0 Å². The maximum absolute atomic E-state index is 13.0. The van der Waals surface area contributed by atoms with Crippen LogP contribution in [0.4, 0.5) is 4.39 Å². The molecule has 6 heteroatoms. The summed E-state index contributed by atoms with van der Waals surface area (Å²) in [5.41, 5.74) is 1.15. The molecule has 0 aliphatic carbocycles. The molecule has 2 aromatic rings. The van der Waals surface area contributed by atoms with Gasteiger partial charge >= 0.3 is 5.97 Å². The van der Waals surface area contributed by atoms with Gasteiger partial charge in [0.2, 0.25) is 0 Å². The van der Waals surface area contributed by atoms with Gasteiger partial charge in [-0.15, -0.1) is 0 Å². The summed E-state index contributed by atoms with van der Waals surface area (Å²) in [7, 11) is 1.64. The number of nitrogens with zero attached hydrogens (tertiary/aromatic N) is 1. The quantitative estimate of drug-likeness (QED) is 0.747. The van der Waals surface area contributed by atoms with Crippen molar-refractivity contribution >= 4 is 27.8 Å². The van der Waals surface area contributed by atoms with Gasteiger partial charge in [0.1, 0.15) is 5.82 Å². The molecule has 0 heterocycles. The van der Waals surface area contributed by atoms with Gasteiger partial charge in [-0.1, -0.05) is 30.3 Å². The zero-order valence-corrected chi connectivity index (χ0v) is 14.0. The lowest BCUT2D eigenvalue weighted by atomic mass is 10.2. The minimum atomic E-state index is -0.682. The van der Waals surface area contributed by atoms with Gasteiger partial charge in [0.05, 0.1) is 5.56 Å². The van der Waals surface area contributed by atoms with Crippen molar-refractivity contribution < 1.29 is 18.7 Å². The van der Waals surface area contributed by atoms with Crippen LogP contribution >= 0.6 is 15.9 Å². The Kier molecular flexibility index (Phi) is 5.87. The average Bonchev–Trinajstić information content (AvgIpc) is 2.53. The predicted molar refractivity (Wildman–Crippen MR) is 87.3 cm³/mol. The number of amides is 1. The lowest BCUT2D eigenvalue weighted by Gasteiger charge is -2.17. The van der Waals surface area contributed by atoms with Crippen molar-refractivity contribution in [2.24, 2.45) is 0 Å². The summed E-state index contributed by atoms with van der Waals surface area (Å²) < 4.78 is 18.3. The van der Waals surface area contributed by atoms with E-state index < -0.39 is 11.8 Å². The molecule has 0 saturated heterocycles. The van der Waals surface area contributed by atoms with E-state index in [-0.39, 0.29) is 22.6 Å². The molecule has 0 aromatic heterocycles. The molecule has 4 nitrogen and oxygen atoms in total. The third kappa shape index (κ3) is 4.89. The number of esters is 1. The number of ether oxygens (including phenoxy) is 1. The lowest BCUT2D eigenvalue weighted by Crippen LogP contribution is -2.30. The lowest BCUT2D eigenvalue weighted by molar-refractivity contribution is -0.133. The highest BCUT2D eigenvalue weighted by atomic mass is 79.9. The number of hydrogen-bond donors (Lipinski definition) is 0. The first-order valence-corrected chi connectivity index (χ1v) is 7.66. The molecule has 0 unspecified atom stereocenters. The maximum atomic E-state index is 13.0. The fourth-order valence-corrected chi connectivity index (χ4v) is 2.43. The number of hydrogen-bond acceptors (Lipinski definition) is 3. The molecule has 120 valence electrons. The zero-order chi connectivity index (χ0) is 16.8. The molecule has 0 fully saturated rings. The Hall–Kier alpha value is -2.21. The summed E-state index contributed by atoms with van der Waals surface area (Å²) in [6.07, 6.45) is 0. The van der Waals surface area contributed by atoms with Crippen molar-refractivity contribution in [3.05, 3.63) is 69.9 Å². The Morgan fingerprint density at radius 2 is 1.87 bits per heavy atom. The van der Waals surface area contributed by atoms with Gasteiger partial charge in [0.15, 0.2) is 6.61 Å². The monoisotopic (exact) mass is 379 g/mol. The van der Waals surface area contributed by atoms with Crippen LogP contribution in [0.25, 0.3) is 0 Å². The number of halogens is 2. The molecule has 0 aliphatic heterocycles. The topological polar surface area (TPSA) is 46.6 Å². The number of carbonyl (C=O) groups is 2. The van der Waals surface area contributed by atoms with Crippen LogP contribution in [-0.2, 0) is 16.1 Å². The largest absolute Gasteiger partial charge is 0.452 e. The molecule has 0 radical (unpaired) electrons. The fraction of sp³-hybridized carbons (Fsp3) is 0.176. The molecule has 23 heavy (non-hydrogen) atoms. The summed E-state index contributed by atoms with van der Waals surface area (Å²) in [6, 6.07) is 13.1. The number of likely N-dealkylation sites (N-methyl/N-ethyl adjacent to an activating group) is 1. The molecule has 2 aromatic carbocycles. The highest BCUT2D eigenvalue weighted by molar-refractivity contribution is 9.10. The Bertz CT molecular complexity index is 706. The second-order valence-electron chi connectivity index (χ2n) is 4.94. The van der Waals surface area contributed by atoms with Gasteiger partial charge in [-0.25, -0.2) is 9.18 Å². The smallest absolute Gasteiger partial charge is 0.339 e. The molecule has 0 N–H and O–H groups in total. The molecule has 0 atom stereocenters. The van der Waals surface area contributed by atoms with Crippen molar-refractivity contribution in [2.45, 2.75) is 6.54 Å². The Morgan fingerprint density at radius 3 is 2.52 bits per heavy atom. The predicted octanol–water partition coefficient (Wildman–Crippen LogP) is 3.40. The standard InChI is InChI=1S/C17H15BrFNO3/c1-20(10-12-5-3-2-4-6-12)16(21)11-23-17(22)14-8-7-13(19)9-15(14)18/h2-9H,10-11H2,1H3. The van der Waals surface area contributed by atoms with Gasteiger partial charge in [-0.3, -0.25) is 4.79 Å². The Morgan fingerprint density at radius 1 is 1.17 bits per heavy atom. The van der Waals surface area contributed by atoms with E-state index in [1.54, 1.807) is 7.05 Å². The van der Waals surface area contributed by atoms with Crippen molar-refractivity contribution in [1.82, 2.24) is 4.90 Å². The Balaban J connectivity index is 1.89. The SMILES string of the molecule is CN(Cc1ccccc1)C(=O)COC(=O)c1ccc(F)cc1Br. The second-order valence-corrected chi connectivity index (χ2v) is 5.79. The van der Waals surface area contributed by atoms with Crippen LogP contribution in [-0.4, -0.2) is 30.4 Å². The van der Waals surface area contributed by atoms with Gasteiger partial charge in [-0.2, -0.15) is 0 Å². The van der Waals surface area contributed by atoms with Crippen molar-refractivity contribution in [3.8, 4) is 0 Å². The maximum Gasteiger partial charge on any atom is 0.339 e. The summed E-state index contributed by atoms with van der Waals surface area (Å²) in [4.78, 5) is 25.4. The second kappa shape index (κ2) is 7.87. The van der Waals surface area contributed by atoms with Gasteiger partial charge in [-0.05, 0) is 39.7 Å². The van der Waals surface area contributed by atoms with Crippen LogP contribution < -0.4 is 0 Å². The minimum absolute atomic E-state index is 0.171. The molecule has 1 amide bonds. The van der Waals surface area contributed by atoms with Gasteiger partial charge in [0.25, 0.3) is 5.91 Å². The van der Waals surface area contributed by atoms with Gasteiger partial charge in [0, 0.05) is 18.1 Å². The molecule has 2 rings (SSSR count). The van der Waals surface area contributed by atoms with Crippen LogP contribution in [0.3, 0.4) is 0 Å². The van der Waals surface area contributed by atoms with Crippen LogP contribution in [0, 0.1) is 5.82 Å². The first-order valence-electron chi connectivity index (χ1n) is 6.87. The molecule has 0 aliphatic rings. The highest BCUT2D eigenvalue weighted by Gasteiger charge is 2.16. The van der Waals surface area contributed by atoms with E-state index >= 15 is 0 Å². The van der Waals surface area contributed by atoms with Crippen LogP contribution in [0.1, 0.15) is 15.9 Å². The number of rotatable bonds is 5. The van der Waals surface area contributed by atoms with Crippen LogP contribution in [0.2, 0.25) is 0 Å². The first-order chi connectivity index (χ1) is 11.0. The summed E-state index contributed by atoms with van der Waals surface area (Å²) in [5.74, 6) is -1.47. The van der Waals surface area contributed by atoms with Gasteiger partial charge < -0.3 is 9.64 Å². The van der Waals surface area contributed by atoms with Crippen LogP contribution in [0.5, 0.6) is 0 Å². The van der Waals surface area contributed by atoms with Crippen molar-refractivity contribution in [3.63, 3.8) is 0 Å². The normalized spacial score (nSPS) is 10.2. The average molecular weight is 380 g/mol. The third-order valence-electron chi connectivity index (χ3n) is 3.17. The third-order valence-corrected chi connectivity index (χ3v) is 3.82. The van der Waals surface area contributed by atoms with E-state index in [0.717, 1.165) is 11.6 Å². The van der Waals surface area contributed by atoms with Crippen LogP contribution in [0.15, 0.2) is 53.0 Å². The van der Waals surface area contributed by atoms with E-state index in [1.165, 1.54) is 17.0 Å². The molecule has 0 bridgehead atoms.